The number of rotatable bonds is 23. The number of H-pyrrole nitrogens is 1. The lowest BCUT2D eigenvalue weighted by molar-refractivity contribution is -0.116. The van der Waals surface area contributed by atoms with Gasteiger partial charge >= 0.3 is 6.09 Å². The summed E-state index contributed by atoms with van der Waals surface area (Å²) >= 11 is 1.80. The van der Waals surface area contributed by atoms with Gasteiger partial charge in [-0.15, -0.1) is 11.8 Å². The van der Waals surface area contributed by atoms with Gasteiger partial charge in [-0.1, -0.05) is 76.7 Å². The van der Waals surface area contributed by atoms with E-state index >= 15 is 0 Å². The van der Waals surface area contributed by atoms with Crippen LogP contribution in [0, 0.1) is 31.6 Å². The summed E-state index contributed by atoms with van der Waals surface area (Å²) in [5.41, 5.74) is 7.94. The molecule has 2 amide bonds. The molecule has 14 heteroatoms. The summed E-state index contributed by atoms with van der Waals surface area (Å²) in [5.74, 6) is 1.66. The quantitative estimate of drug-likeness (QED) is 0.0276. The lowest BCUT2D eigenvalue weighted by atomic mass is 9.90. The minimum absolute atomic E-state index is 0.122. The van der Waals surface area contributed by atoms with Gasteiger partial charge in [0.2, 0.25) is 11.5 Å². The van der Waals surface area contributed by atoms with Gasteiger partial charge in [0.15, 0.2) is 0 Å². The number of nitrogens with zero attached hydrogens (tertiary/aromatic N) is 1. The average molecular weight is 970 g/mol. The number of unbranched alkanes of at least 4 members (excludes halogenated alkanes) is 6. The van der Waals surface area contributed by atoms with Gasteiger partial charge in [0.1, 0.15) is 17.1 Å². The Morgan fingerprint density at radius 2 is 1.67 bits per heavy atom. The zero-order valence-electron chi connectivity index (χ0n) is 42.0. The second-order valence-corrected chi connectivity index (χ2v) is 21.1. The molecule has 6 atom stereocenters. The number of phenolic OH excluding ortho intramolecular Hbond substituents is 1. The number of amides is 2. The van der Waals surface area contributed by atoms with Gasteiger partial charge in [-0.3, -0.25) is 9.59 Å². The first-order chi connectivity index (χ1) is 33.0. The summed E-state index contributed by atoms with van der Waals surface area (Å²) in [6.07, 6.45) is 14.6. The zero-order chi connectivity index (χ0) is 50.1. The van der Waals surface area contributed by atoms with Gasteiger partial charge in [-0.05, 0) is 143 Å². The fourth-order valence-electron chi connectivity index (χ4n) is 8.97. The third kappa shape index (κ3) is 17.5. The number of allylic oxidation sites excluding steroid dienone is 1. The molecule has 378 valence electrons. The molecular weight excluding hydrogens is 891 g/mol. The second kappa shape index (κ2) is 26.9. The number of nitrogens with one attached hydrogen (secondary N) is 3. The number of pyridine rings is 1. The van der Waals surface area contributed by atoms with Crippen LogP contribution >= 0.6 is 11.8 Å². The molecule has 69 heavy (non-hydrogen) atoms. The third-order valence-corrected chi connectivity index (χ3v) is 14.1. The van der Waals surface area contributed by atoms with Crippen LogP contribution < -0.4 is 26.7 Å². The SMILES string of the molecule is CCCCCCCCCNCCN.Cc1cc(NC(=O)CCOc2cccc(SC3C=CC(C4C(C)[C@H]4O)CC3)c2)cc(C)c1CN(CC(O)c1ccc(O)c2[nH]c(=O)ccc12)C(=O)OC(C)(C)C. The van der Waals surface area contributed by atoms with Crippen molar-refractivity contribution in [1.82, 2.24) is 15.2 Å². The molecule has 1 aromatic heterocycles. The van der Waals surface area contributed by atoms with E-state index in [0.717, 1.165) is 54.1 Å². The monoisotopic (exact) mass is 970 g/mol. The van der Waals surface area contributed by atoms with Crippen molar-refractivity contribution in [3.8, 4) is 11.5 Å². The topological polar surface area (TPSA) is 199 Å². The number of aliphatic hydroxyl groups excluding tert-OH is 2. The molecule has 13 nitrogen and oxygen atoms in total. The summed E-state index contributed by atoms with van der Waals surface area (Å²) in [5, 5.41) is 38.9. The maximum atomic E-state index is 13.5. The van der Waals surface area contributed by atoms with Gasteiger partial charge in [-0.25, -0.2) is 4.79 Å². The summed E-state index contributed by atoms with van der Waals surface area (Å²) < 4.78 is 11.7. The number of benzene rings is 3. The van der Waals surface area contributed by atoms with Crippen molar-refractivity contribution < 1.29 is 34.4 Å². The lowest BCUT2D eigenvalue weighted by Crippen LogP contribution is -2.39. The molecule has 2 aliphatic carbocycles. The number of aliphatic hydroxyl groups is 2. The minimum Gasteiger partial charge on any atom is -0.506 e. The van der Waals surface area contributed by atoms with Crippen LogP contribution in [0.3, 0.4) is 0 Å². The lowest BCUT2D eigenvalue weighted by Gasteiger charge is -2.30. The van der Waals surface area contributed by atoms with Gasteiger partial charge in [0.05, 0.1) is 37.3 Å². The Morgan fingerprint density at radius 1 is 0.957 bits per heavy atom. The predicted octanol–water partition coefficient (Wildman–Crippen LogP) is 10.1. The number of aromatic hydroxyl groups is 1. The Balaban J connectivity index is 0.000000597. The normalized spacial score (nSPS) is 19.1. The summed E-state index contributed by atoms with van der Waals surface area (Å²) in [4.78, 5) is 43.6. The highest BCUT2D eigenvalue weighted by molar-refractivity contribution is 8.00. The fraction of sp³-hybridized carbons (Fsp3) is 0.545. The summed E-state index contributed by atoms with van der Waals surface area (Å²) in [6.45, 7) is 16.6. The molecule has 2 aliphatic rings. The molecule has 3 aromatic carbocycles. The number of ether oxygens (including phenoxy) is 2. The third-order valence-electron chi connectivity index (χ3n) is 12.9. The van der Waals surface area contributed by atoms with E-state index in [0.29, 0.717) is 45.4 Å². The van der Waals surface area contributed by atoms with Gasteiger partial charge in [0.25, 0.3) is 0 Å². The van der Waals surface area contributed by atoms with Crippen molar-refractivity contribution in [3.05, 3.63) is 105 Å². The standard InChI is InChI=1S/C44H53N3O8S.C11H26N2/c1-25-20-29(45-39(51)18-19-54-30-8-7-9-32(22-30)56-31-12-10-28(11-13-31)40-27(3)42(40)52)21-26(2)35(25)23-47(43(53)55-44(4,5)6)24-37(49)33-14-16-36(48)41-34(33)15-17-38(50)46-41;1-2-3-4-5-6-7-8-10-13-11-9-12/h7-10,12,14-17,20-22,27-28,31,37,40,42,48-49,52H,11,13,18-19,23-24H2,1-6H3,(H,45,51)(H,46,50);13H,2-12H2,1H3/t27?,28?,31?,37?,40?,42-;/m1./s1. The molecule has 1 fully saturated rings. The van der Waals surface area contributed by atoms with E-state index in [9.17, 15) is 29.7 Å². The smallest absolute Gasteiger partial charge is 0.410 e. The number of carbonyl (C=O) groups excluding carboxylic acids is 2. The molecule has 5 unspecified atom stereocenters. The molecular formula is C55H79N5O8S. The van der Waals surface area contributed by atoms with Crippen LogP contribution in [0.2, 0.25) is 0 Å². The highest BCUT2D eigenvalue weighted by atomic mass is 32.2. The van der Waals surface area contributed by atoms with Crippen molar-refractivity contribution in [2.45, 2.75) is 147 Å². The van der Waals surface area contributed by atoms with E-state index in [2.05, 4.69) is 47.7 Å². The van der Waals surface area contributed by atoms with Gasteiger partial charge < -0.3 is 51.0 Å². The largest absolute Gasteiger partial charge is 0.506 e. The highest BCUT2D eigenvalue weighted by Crippen LogP contribution is 2.48. The Kier molecular flexibility index (Phi) is 21.5. The van der Waals surface area contributed by atoms with E-state index in [1.54, 1.807) is 38.6 Å². The number of nitrogens with two attached hydrogens (primary N) is 1. The van der Waals surface area contributed by atoms with Crippen LogP contribution in [0.15, 0.2) is 82.5 Å². The van der Waals surface area contributed by atoms with Crippen LogP contribution in [0.1, 0.15) is 127 Å². The Bertz CT molecular complexity index is 2320. The second-order valence-electron chi connectivity index (χ2n) is 19.7. The van der Waals surface area contributed by atoms with Gasteiger partial charge in [-0.2, -0.15) is 0 Å². The van der Waals surface area contributed by atoms with E-state index in [1.165, 1.54) is 68.0 Å². The van der Waals surface area contributed by atoms with Crippen LogP contribution in [-0.4, -0.2) is 86.9 Å². The molecule has 0 saturated heterocycles. The summed E-state index contributed by atoms with van der Waals surface area (Å²) in [6, 6.07) is 17.4. The molecule has 0 aliphatic heterocycles. The molecule has 0 radical (unpaired) electrons. The fourth-order valence-corrected chi connectivity index (χ4v) is 10.1. The Labute approximate surface area is 414 Å². The van der Waals surface area contributed by atoms with E-state index < -0.39 is 23.4 Å². The first kappa shape index (κ1) is 55.1. The zero-order valence-corrected chi connectivity index (χ0v) is 42.8. The maximum Gasteiger partial charge on any atom is 0.410 e. The molecule has 1 heterocycles. The van der Waals surface area contributed by atoms with Crippen LogP contribution in [0.5, 0.6) is 11.5 Å². The van der Waals surface area contributed by atoms with Crippen molar-refractivity contribution >= 4 is 40.4 Å². The number of fused-ring (bicyclic) bond motifs is 1. The van der Waals surface area contributed by atoms with Crippen molar-refractivity contribution in [3.63, 3.8) is 0 Å². The Hall–Kier alpha value is -4.86. The highest BCUT2D eigenvalue weighted by Gasteiger charge is 2.49. The number of anilines is 1. The molecule has 4 aromatic rings. The number of carbonyl (C=O) groups is 2. The number of aromatic nitrogens is 1. The Morgan fingerprint density at radius 3 is 2.32 bits per heavy atom. The molecule has 0 spiro atoms. The number of thioether (sulfide) groups is 1. The van der Waals surface area contributed by atoms with Crippen molar-refractivity contribution in [1.29, 1.82) is 0 Å². The first-order valence-corrected chi connectivity index (χ1v) is 25.9. The van der Waals surface area contributed by atoms with E-state index in [4.69, 9.17) is 15.2 Å². The molecule has 1 saturated carbocycles. The summed E-state index contributed by atoms with van der Waals surface area (Å²) in [7, 11) is 0. The van der Waals surface area contributed by atoms with Crippen LogP contribution in [0.25, 0.3) is 10.9 Å². The average Bonchev–Trinajstić information content (AvgIpc) is 3.90. The first-order valence-electron chi connectivity index (χ1n) is 25.1. The van der Waals surface area contributed by atoms with Gasteiger partial charge in [0, 0.05) is 46.9 Å². The minimum atomic E-state index is -1.17. The van der Waals surface area contributed by atoms with Crippen molar-refractivity contribution in [2.75, 3.05) is 38.1 Å². The van der Waals surface area contributed by atoms with E-state index in [-0.39, 0.29) is 49.4 Å². The number of aryl methyl sites for hydroxylation is 2. The number of hydrogen-bond acceptors (Lipinski definition) is 11. The predicted molar refractivity (Wildman–Crippen MR) is 279 cm³/mol. The number of hydrogen-bond donors (Lipinski definition) is 7. The molecule has 6 rings (SSSR count). The molecule has 0 bridgehead atoms. The van der Waals surface area contributed by atoms with Crippen LogP contribution in [-0.2, 0) is 16.1 Å². The van der Waals surface area contributed by atoms with Crippen molar-refractivity contribution in [2.24, 2.45) is 23.5 Å². The number of phenols is 1. The molecule has 8 N–H and O–H groups in total. The van der Waals surface area contributed by atoms with E-state index in [1.807, 2.05) is 44.2 Å². The van der Waals surface area contributed by atoms with Crippen LogP contribution in [0.4, 0.5) is 10.5 Å². The maximum absolute atomic E-state index is 13.5. The number of aromatic amines is 1.